The lowest BCUT2D eigenvalue weighted by Gasteiger charge is -2.00. The first-order valence-electron chi connectivity index (χ1n) is 8.14. The molecule has 18 heavy (non-hydrogen) atoms. The molecule has 108 valence electrons. The zero-order valence-electron chi connectivity index (χ0n) is 12.8. The Morgan fingerprint density at radius 2 is 1.22 bits per heavy atom. The van der Waals surface area contributed by atoms with Gasteiger partial charge < -0.3 is 4.74 Å². The van der Waals surface area contributed by atoms with E-state index in [1.165, 1.54) is 64.2 Å². The van der Waals surface area contributed by atoms with Crippen molar-refractivity contribution in [3.63, 3.8) is 0 Å². The highest BCUT2D eigenvalue weighted by atomic mass is 16.5. The van der Waals surface area contributed by atoms with Gasteiger partial charge in [-0.05, 0) is 26.2 Å². The van der Waals surface area contributed by atoms with Crippen LogP contribution in [0.1, 0.15) is 84.5 Å². The summed E-state index contributed by atoms with van der Waals surface area (Å²) in [5.74, 6) is 0. The van der Waals surface area contributed by atoms with Crippen molar-refractivity contribution in [2.75, 3.05) is 13.2 Å². The van der Waals surface area contributed by atoms with E-state index in [0.29, 0.717) is 0 Å². The van der Waals surface area contributed by atoms with Crippen LogP contribution < -0.4 is 0 Å². The summed E-state index contributed by atoms with van der Waals surface area (Å²) in [6.45, 7) is 6.05. The number of unbranched alkanes of at least 4 members (excludes halogenated alkanes) is 9. The average molecular weight is 254 g/mol. The van der Waals surface area contributed by atoms with Crippen molar-refractivity contribution in [2.24, 2.45) is 0 Å². The molecule has 0 aliphatic heterocycles. The Bertz CT molecular complexity index is 163. The van der Waals surface area contributed by atoms with E-state index in [4.69, 9.17) is 4.74 Å². The molecule has 0 rings (SSSR count). The van der Waals surface area contributed by atoms with Crippen LogP contribution in [-0.4, -0.2) is 13.2 Å². The highest BCUT2D eigenvalue weighted by molar-refractivity contribution is 4.81. The fourth-order valence-electron chi connectivity index (χ4n) is 2.10. The molecule has 0 bridgehead atoms. The summed E-state index contributed by atoms with van der Waals surface area (Å²) in [4.78, 5) is 0. The van der Waals surface area contributed by atoms with Crippen molar-refractivity contribution < 1.29 is 4.74 Å². The van der Waals surface area contributed by atoms with Crippen molar-refractivity contribution in [1.82, 2.24) is 0 Å². The lowest BCUT2D eigenvalue weighted by atomic mass is 10.1. The molecule has 0 aromatic heterocycles. The highest BCUT2D eigenvalue weighted by Crippen LogP contribution is 2.10. The second kappa shape index (κ2) is 16.7. The van der Waals surface area contributed by atoms with Crippen LogP contribution in [0.5, 0.6) is 0 Å². The Morgan fingerprint density at radius 3 is 1.83 bits per heavy atom. The Hall–Kier alpha value is -0.300. The summed E-state index contributed by atoms with van der Waals surface area (Å²) in [6, 6.07) is 0. The first-order chi connectivity index (χ1) is 8.91. The molecule has 0 radical (unpaired) electrons. The molecule has 0 atom stereocenters. The first-order valence-corrected chi connectivity index (χ1v) is 8.14. The first kappa shape index (κ1) is 17.7. The van der Waals surface area contributed by atoms with Crippen molar-refractivity contribution >= 4 is 0 Å². The second-order valence-electron chi connectivity index (χ2n) is 5.07. The third kappa shape index (κ3) is 15.7. The molecule has 0 saturated carbocycles. The molecule has 0 aliphatic rings. The normalized spacial score (nSPS) is 11.4. The van der Waals surface area contributed by atoms with Crippen molar-refractivity contribution in [3.05, 3.63) is 12.2 Å². The standard InChI is InChI=1S/C17H34O/c1-3-5-6-7-8-9-10-11-12-13-14-15-16-17-18-4-2/h14-15H,3-13,16-17H2,1-2H3/b15-14+. The summed E-state index contributed by atoms with van der Waals surface area (Å²) >= 11 is 0. The van der Waals surface area contributed by atoms with Crippen LogP contribution in [0.2, 0.25) is 0 Å². The molecule has 0 amide bonds. The smallest absolute Gasteiger partial charge is 0.0500 e. The SMILES string of the molecule is CCCCCCCCCCC/C=C/CCOCC. The predicted octanol–water partition coefficient (Wildman–Crippen LogP) is 5.89. The topological polar surface area (TPSA) is 9.23 Å². The quantitative estimate of drug-likeness (QED) is 0.277. The van der Waals surface area contributed by atoms with E-state index in [1.54, 1.807) is 0 Å². The van der Waals surface area contributed by atoms with E-state index in [2.05, 4.69) is 19.1 Å². The fourth-order valence-corrected chi connectivity index (χ4v) is 2.10. The second-order valence-corrected chi connectivity index (χ2v) is 5.07. The van der Waals surface area contributed by atoms with Gasteiger partial charge in [0, 0.05) is 13.2 Å². The maximum Gasteiger partial charge on any atom is 0.0500 e. The average Bonchev–Trinajstić information content (AvgIpc) is 2.39. The molecule has 0 unspecified atom stereocenters. The Labute approximate surface area is 115 Å². The molecule has 0 fully saturated rings. The molecule has 0 saturated heterocycles. The Kier molecular flexibility index (Phi) is 16.4. The number of allylic oxidation sites excluding steroid dienone is 1. The van der Waals surface area contributed by atoms with Gasteiger partial charge in [0.1, 0.15) is 0 Å². The van der Waals surface area contributed by atoms with Gasteiger partial charge in [0.25, 0.3) is 0 Å². The van der Waals surface area contributed by atoms with E-state index in [9.17, 15) is 0 Å². The fraction of sp³-hybridized carbons (Fsp3) is 0.882. The summed E-state index contributed by atoms with van der Waals surface area (Å²) in [7, 11) is 0. The molecular weight excluding hydrogens is 220 g/mol. The molecule has 0 spiro atoms. The summed E-state index contributed by atoms with van der Waals surface area (Å²) in [5, 5.41) is 0. The lowest BCUT2D eigenvalue weighted by Crippen LogP contribution is -1.90. The van der Waals surface area contributed by atoms with Gasteiger partial charge in [-0.15, -0.1) is 0 Å². The van der Waals surface area contributed by atoms with Gasteiger partial charge in [-0.25, -0.2) is 0 Å². The molecule has 0 aromatic carbocycles. The van der Waals surface area contributed by atoms with Crippen molar-refractivity contribution in [3.8, 4) is 0 Å². The number of ether oxygens (including phenoxy) is 1. The van der Waals surface area contributed by atoms with Crippen LogP contribution in [0.3, 0.4) is 0 Å². The third-order valence-electron chi connectivity index (χ3n) is 3.27. The van der Waals surface area contributed by atoms with Gasteiger partial charge in [-0.2, -0.15) is 0 Å². The molecule has 0 aliphatic carbocycles. The largest absolute Gasteiger partial charge is 0.381 e. The summed E-state index contributed by atoms with van der Waals surface area (Å²) in [6.07, 6.45) is 19.7. The van der Waals surface area contributed by atoms with Crippen LogP contribution in [0.4, 0.5) is 0 Å². The molecule has 0 aromatic rings. The Morgan fingerprint density at radius 1 is 0.667 bits per heavy atom. The van der Waals surface area contributed by atoms with E-state index < -0.39 is 0 Å². The van der Waals surface area contributed by atoms with Crippen molar-refractivity contribution in [1.29, 1.82) is 0 Å². The summed E-state index contributed by atoms with van der Waals surface area (Å²) in [5.41, 5.74) is 0. The zero-order valence-corrected chi connectivity index (χ0v) is 12.8. The number of hydrogen-bond donors (Lipinski definition) is 0. The minimum absolute atomic E-state index is 0.839. The van der Waals surface area contributed by atoms with Gasteiger partial charge >= 0.3 is 0 Å². The maximum atomic E-state index is 5.28. The zero-order chi connectivity index (χ0) is 13.3. The number of rotatable bonds is 14. The molecule has 0 heterocycles. The van der Waals surface area contributed by atoms with E-state index >= 15 is 0 Å². The maximum absolute atomic E-state index is 5.28. The molecule has 1 heteroatoms. The van der Waals surface area contributed by atoms with Crippen LogP contribution in [0, 0.1) is 0 Å². The van der Waals surface area contributed by atoms with Crippen molar-refractivity contribution in [2.45, 2.75) is 84.5 Å². The molecular formula is C17H34O. The van der Waals surface area contributed by atoms with Crippen LogP contribution >= 0.6 is 0 Å². The monoisotopic (exact) mass is 254 g/mol. The van der Waals surface area contributed by atoms with Gasteiger partial charge in [-0.1, -0.05) is 70.4 Å². The van der Waals surface area contributed by atoms with Crippen LogP contribution in [0.15, 0.2) is 12.2 Å². The predicted molar refractivity (Wildman–Crippen MR) is 82.1 cm³/mol. The van der Waals surface area contributed by atoms with Crippen LogP contribution in [-0.2, 0) is 4.74 Å². The van der Waals surface area contributed by atoms with Gasteiger partial charge in [-0.3, -0.25) is 0 Å². The lowest BCUT2D eigenvalue weighted by molar-refractivity contribution is 0.152. The molecule has 1 nitrogen and oxygen atoms in total. The number of hydrogen-bond acceptors (Lipinski definition) is 1. The van der Waals surface area contributed by atoms with Crippen LogP contribution in [0.25, 0.3) is 0 Å². The summed E-state index contributed by atoms with van der Waals surface area (Å²) < 4.78 is 5.28. The van der Waals surface area contributed by atoms with E-state index in [1.807, 2.05) is 6.92 Å². The van der Waals surface area contributed by atoms with E-state index in [0.717, 1.165) is 19.6 Å². The van der Waals surface area contributed by atoms with Gasteiger partial charge in [0.05, 0.1) is 0 Å². The third-order valence-corrected chi connectivity index (χ3v) is 3.27. The molecule has 0 N–H and O–H groups in total. The minimum Gasteiger partial charge on any atom is -0.381 e. The minimum atomic E-state index is 0.839. The highest BCUT2D eigenvalue weighted by Gasteiger charge is 1.91. The van der Waals surface area contributed by atoms with E-state index in [-0.39, 0.29) is 0 Å². The van der Waals surface area contributed by atoms with Gasteiger partial charge in [0.15, 0.2) is 0 Å². The van der Waals surface area contributed by atoms with Gasteiger partial charge in [0.2, 0.25) is 0 Å². The Balaban J connectivity index is 2.98.